The van der Waals surface area contributed by atoms with Crippen molar-refractivity contribution in [1.82, 2.24) is 0 Å². The molecule has 1 unspecified atom stereocenters. The van der Waals surface area contributed by atoms with Gasteiger partial charge in [0.05, 0.1) is 7.11 Å². The molecule has 0 spiro atoms. The summed E-state index contributed by atoms with van der Waals surface area (Å²) in [5, 5.41) is 3.21. The van der Waals surface area contributed by atoms with Gasteiger partial charge in [-0.1, -0.05) is 44.0 Å². The summed E-state index contributed by atoms with van der Waals surface area (Å²) in [6.45, 7) is 1.99. The first-order valence-electron chi connectivity index (χ1n) is 6.37. The topological polar surface area (TPSA) is 38.3 Å². The maximum atomic E-state index is 12.1. The van der Waals surface area contributed by atoms with Gasteiger partial charge >= 0.3 is 5.97 Å². The molecule has 2 rings (SSSR count). The summed E-state index contributed by atoms with van der Waals surface area (Å²) in [5.74, 6) is -0.320. The summed E-state index contributed by atoms with van der Waals surface area (Å²) in [5.41, 5.74) is 2.79. The summed E-state index contributed by atoms with van der Waals surface area (Å²) in [6.07, 6.45) is 0. The van der Waals surface area contributed by atoms with Crippen molar-refractivity contribution < 1.29 is 9.53 Å². The van der Waals surface area contributed by atoms with Crippen LogP contribution in [0.15, 0.2) is 51.4 Å². The fourth-order valence-electron chi connectivity index (χ4n) is 1.96. The first kappa shape index (κ1) is 16.0. The Labute approximate surface area is 141 Å². The van der Waals surface area contributed by atoms with Crippen LogP contribution in [0.4, 0.5) is 5.69 Å². The van der Waals surface area contributed by atoms with Crippen molar-refractivity contribution in [2.45, 2.75) is 13.0 Å². The zero-order chi connectivity index (χ0) is 15.4. The van der Waals surface area contributed by atoms with Crippen LogP contribution in [-0.4, -0.2) is 13.1 Å². The van der Waals surface area contributed by atoms with E-state index in [9.17, 15) is 4.79 Å². The van der Waals surface area contributed by atoms with Crippen LogP contribution >= 0.6 is 31.9 Å². The van der Waals surface area contributed by atoms with Crippen LogP contribution in [0.1, 0.15) is 17.2 Å². The second-order valence-corrected chi connectivity index (χ2v) is 6.39. The van der Waals surface area contributed by atoms with Gasteiger partial charge in [0.25, 0.3) is 0 Å². The van der Waals surface area contributed by atoms with E-state index in [0.717, 1.165) is 25.8 Å². The Balaban J connectivity index is 2.31. The molecule has 0 saturated carbocycles. The molecule has 1 N–H and O–H groups in total. The molecule has 2 aromatic rings. The minimum Gasteiger partial charge on any atom is -0.467 e. The molecule has 110 valence electrons. The summed E-state index contributed by atoms with van der Waals surface area (Å²) in [6, 6.07) is 12.9. The van der Waals surface area contributed by atoms with E-state index in [1.54, 1.807) is 0 Å². The molecule has 0 radical (unpaired) electrons. The molecule has 0 fully saturated rings. The number of aryl methyl sites for hydroxylation is 1. The number of carbonyl (C=O) groups excluding carboxylic acids is 1. The second-order valence-electron chi connectivity index (χ2n) is 4.62. The Morgan fingerprint density at radius 3 is 2.38 bits per heavy atom. The van der Waals surface area contributed by atoms with E-state index >= 15 is 0 Å². The quantitative estimate of drug-likeness (QED) is 0.729. The lowest BCUT2D eigenvalue weighted by atomic mass is 10.0. The number of hydrogen-bond donors (Lipinski definition) is 1. The number of hydrogen-bond acceptors (Lipinski definition) is 3. The van der Waals surface area contributed by atoms with E-state index in [1.807, 2.05) is 49.4 Å². The molecule has 2 aromatic carbocycles. The summed E-state index contributed by atoms with van der Waals surface area (Å²) in [7, 11) is 1.39. The largest absolute Gasteiger partial charge is 0.467 e. The minimum atomic E-state index is -0.539. The van der Waals surface area contributed by atoms with Gasteiger partial charge < -0.3 is 10.1 Å². The lowest BCUT2D eigenvalue weighted by Gasteiger charge is -2.19. The van der Waals surface area contributed by atoms with Crippen LogP contribution in [0.25, 0.3) is 0 Å². The average molecular weight is 413 g/mol. The predicted octanol–water partition coefficient (Wildman–Crippen LogP) is 4.85. The molecule has 0 aromatic heterocycles. The minimum absolute atomic E-state index is 0.320. The fraction of sp³-hybridized carbons (Fsp3) is 0.188. The highest BCUT2D eigenvalue weighted by atomic mass is 79.9. The molecule has 0 bridgehead atoms. The molecule has 1 atom stereocenters. The van der Waals surface area contributed by atoms with Crippen molar-refractivity contribution in [1.29, 1.82) is 0 Å². The first-order valence-corrected chi connectivity index (χ1v) is 7.96. The molecule has 21 heavy (non-hydrogen) atoms. The van der Waals surface area contributed by atoms with Crippen LogP contribution in [-0.2, 0) is 9.53 Å². The third kappa shape index (κ3) is 4.08. The maximum Gasteiger partial charge on any atom is 0.332 e. The third-order valence-corrected chi connectivity index (χ3v) is 4.53. The normalized spacial score (nSPS) is 11.8. The number of halogens is 2. The summed E-state index contributed by atoms with van der Waals surface area (Å²) in [4.78, 5) is 12.1. The molecule has 3 nitrogen and oxygen atoms in total. The van der Waals surface area contributed by atoms with Crippen LogP contribution in [0.5, 0.6) is 0 Å². The molecule has 5 heteroatoms. The number of benzene rings is 2. The first-order chi connectivity index (χ1) is 10.0. The van der Waals surface area contributed by atoms with Gasteiger partial charge in [-0.2, -0.15) is 0 Å². The van der Waals surface area contributed by atoms with Gasteiger partial charge in [-0.05, 0) is 48.4 Å². The van der Waals surface area contributed by atoms with Crippen LogP contribution in [0.3, 0.4) is 0 Å². The highest BCUT2D eigenvalue weighted by Gasteiger charge is 2.21. The third-order valence-electron chi connectivity index (χ3n) is 3.11. The Kier molecular flexibility index (Phi) is 5.42. The Hall–Kier alpha value is -1.33. The van der Waals surface area contributed by atoms with E-state index in [2.05, 4.69) is 37.2 Å². The van der Waals surface area contributed by atoms with E-state index in [0.29, 0.717) is 0 Å². The number of esters is 1. The van der Waals surface area contributed by atoms with Gasteiger partial charge in [-0.15, -0.1) is 0 Å². The van der Waals surface area contributed by atoms with Crippen molar-refractivity contribution in [3.63, 3.8) is 0 Å². The lowest BCUT2D eigenvalue weighted by Crippen LogP contribution is -2.22. The maximum absolute atomic E-state index is 12.1. The Bertz CT molecular complexity index is 641. The van der Waals surface area contributed by atoms with Crippen LogP contribution in [0.2, 0.25) is 0 Å². The predicted molar refractivity (Wildman–Crippen MR) is 91.4 cm³/mol. The van der Waals surface area contributed by atoms with E-state index in [4.69, 9.17) is 4.74 Å². The summed E-state index contributed by atoms with van der Waals surface area (Å²) < 4.78 is 6.91. The van der Waals surface area contributed by atoms with E-state index in [-0.39, 0.29) is 5.97 Å². The molecule has 0 heterocycles. The second kappa shape index (κ2) is 7.09. The van der Waals surface area contributed by atoms with Crippen molar-refractivity contribution in [2.75, 3.05) is 12.4 Å². The molecule has 0 amide bonds. The van der Waals surface area contributed by atoms with Gasteiger partial charge in [0, 0.05) is 14.6 Å². The molecular weight excluding hydrogens is 398 g/mol. The Morgan fingerprint density at radius 1 is 1.14 bits per heavy atom. The molecule has 0 aliphatic carbocycles. The SMILES string of the molecule is COC(=O)C(Nc1ccc(Br)cc1)c1ccc(Br)c(C)c1. The number of methoxy groups -OCH3 is 1. The number of carbonyl (C=O) groups is 1. The smallest absolute Gasteiger partial charge is 0.332 e. The van der Waals surface area contributed by atoms with Crippen molar-refractivity contribution in [2.24, 2.45) is 0 Å². The zero-order valence-electron chi connectivity index (χ0n) is 11.7. The molecular formula is C16H15Br2NO2. The van der Waals surface area contributed by atoms with Gasteiger partial charge in [-0.25, -0.2) is 4.79 Å². The number of rotatable bonds is 4. The average Bonchev–Trinajstić information content (AvgIpc) is 2.49. The number of anilines is 1. The van der Waals surface area contributed by atoms with Crippen LogP contribution in [0, 0.1) is 6.92 Å². The monoisotopic (exact) mass is 411 g/mol. The standard InChI is InChI=1S/C16H15Br2NO2/c1-10-9-11(3-8-14(10)18)15(16(20)21-2)19-13-6-4-12(17)5-7-13/h3-9,15,19H,1-2H3. The van der Waals surface area contributed by atoms with Gasteiger partial charge in [0.2, 0.25) is 0 Å². The van der Waals surface area contributed by atoms with Crippen LogP contribution < -0.4 is 5.32 Å². The van der Waals surface area contributed by atoms with Crippen molar-refractivity contribution >= 4 is 43.5 Å². The van der Waals surface area contributed by atoms with Crippen molar-refractivity contribution in [3.8, 4) is 0 Å². The highest BCUT2D eigenvalue weighted by Crippen LogP contribution is 2.26. The van der Waals surface area contributed by atoms with Gasteiger partial charge in [0.1, 0.15) is 0 Å². The number of nitrogens with one attached hydrogen (secondary N) is 1. The molecule has 0 aliphatic heterocycles. The van der Waals surface area contributed by atoms with E-state index in [1.165, 1.54) is 7.11 Å². The highest BCUT2D eigenvalue weighted by molar-refractivity contribution is 9.10. The van der Waals surface area contributed by atoms with Gasteiger partial charge in [0.15, 0.2) is 6.04 Å². The zero-order valence-corrected chi connectivity index (χ0v) is 14.9. The number of ether oxygens (including phenoxy) is 1. The van der Waals surface area contributed by atoms with E-state index < -0.39 is 6.04 Å². The summed E-state index contributed by atoms with van der Waals surface area (Å²) >= 11 is 6.86. The van der Waals surface area contributed by atoms with Crippen molar-refractivity contribution in [3.05, 3.63) is 62.5 Å². The Morgan fingerprint density at radius 2 is 1.81 bits per heavy atom. The van der Waals surface area contributed by atoms with Gasteiger partial charge in [-0.3, -0.25) is 0 Å². The lowest BCUT2D eigenvalue weighted by molar-refractivity contribution is -0.141. The molecule has 0 aliphatic rings. The fourth-order valence-corrected chi connectivity index (χ4v) is 2.47. The molecule has 0 saturated heterocycles.